The Balaban J connectivity index is 2.68. The normalized spacial score (nSPS) is 11.3. The Morgan fingerprint density at radius 3 is 2.44 bits per heavy atom. The molecule has 0 aliphatic heterocycles. The van der Waals surface area contributed by atoms with Crippen molar-refractivity contribution in [2.24, 2.45) is 11.8 Å². The number of carbonyl (C=O) groups excluding carboxylic acids is 1. The second-order valence-corrected chi connectivity index (χ2v) is 5.78. The van der Waals surface area contributed by atoms with E-state index in [2.05, 4.69) is 37.7 Å². The van der Waals surface area contributed by atoms with Crippen molar-refractivity contribution in [1.29, 1.82) is 0 Å². The zero-order valence-electron chi connectivity index (χ0n) is 12.2. The van der Waals surface area contributed by atoms with Crippen molar-refractivity contribution in [3.05, 3.63) is 17.7 Å². The number of rotatable bonds is 6. The van der Waals surface area contributed by atoms with Crippen LogP contribution >= 0.6 is 0 Å². The first-order valence-electron chi connectivity index (χ1n) is 6.66. The molecular formula is C14H25N3O. The van der Waals surface area contributed by atoms with Gasteiger partial charge in [-0.1, -0.05) is 27.7 Å². The standard InChI is InChI=1S/C14H25N3O/c1-10(2)6-14(18)17(8-11(3)4)9-13-15-7-12(5)16-13/h7,10-11H,6,8-9H2,1-5H3,(H,15,16). The van der Waals surface area contributed by atoms with Crippen molar-refractivity contribution in [3.63, 3.8) is 0 Å². The molecule has 1 amide bonds. The van der Waals surface area contributed by atoms with E-state index in [0.717, 1.165) is 18.1 Å². The van der Waals surface area contributed by atoms with Gasteiger partial charge in [0.05, 0.1) is 6.54 Å². The Bertz CT molecular complexity index is 382. The topological polar surface area (TPSA) is 49.0 Å². The van der Waals surface area contributed by atoms with E-state index in [1.165, 1.54) is 0 Å². The van der Waals surface area contributed by atoms with Crippen molar-refractivity contribution in [2.45, 2.75) is 47.6 Å². The van der Waals surface area contributed by atoms with Gasteiger partial charge in [-0.2, -0.15) is 0 Å². The van der Waals surface area contributed by atoms with Gasteiger partial charge in [0, 0.05) is 24.9 Å². The van der Waals surface area contributed by atoms with Gasteiger partial charge in [0.1, 0.15) is 5.82 Å². The van der Waals surface area contributed by atoms with E-state index in [-0.39, 0.29) is 5.91 Å². The molecule has 18 heavy (non-hydrogen) atoms. The number of nitrogens with zero attached hydrogens (tertiary/aromatic N) is 2. The van der Waals surface area contributed by atoms with Gasteiger partial charge in [-0.15, -0.1) is 0 Å². The number of aromatic nitrogens is 2. The van der Waals surface area contributed by atoms with Crippen LogP contribution in [0.3, 0.4) is 0 Å². The predicted molar refractivity (Wildman–Crippen MR) is 73.0 cm³/mol. The van der Waals surface area contributed by atoms with Gasteiger partial charge in [-0.25, -0.2) is 4.98 Å². The van der Waals surface area contributed by atoms with E-state index >= 15 is 0 Å². The molecule has 0 atom stereocenters. The summed E-state index contributed by atoms with van der Waals surface area (Å²) in [4.78, 5) is 21.5. The first-order chi connectivity index (χ1) is 8.38. The van der Waals surface area contributed by atoms with Crippen molar-refractivity contribution in [2.75, 3.05) is 6.54 Å². The minimum Gasteiger partial charge on any atom is -0.345 e. The first-order valence-corrected chi connectivity index (χ1v) is 6.66. The first kappa shape index (κ1) is 14.7. The van der Waals surface area contributed by atoms with Crippen LogP contribution in [-0.2, 0) is 11.3 Å². The van der Waals surface area contributed by atoms with Crippen molar-refractivity contribution in [3.8, 4) is 0 Å². The summed E-state index contributed by atoms with van der Waals surface area (Å²) in [5, 5.41) is 0. The third-order valence-corrected chi connectivity index (χ3v) is 2.62. The van der Waals surface area contributed by atoms with Crippen LogP contribution in [0.25, 0.3) is 0 Å². The molecule has 0 fully saturated rings. The van der Waals surface area contributed by atoms with Crippen molar-refractivity contribution < 1.29 is 4.79 Å². The fraction of sp³-hybridized carbons (Fsp3) is 0.714. The lowest BCUT2D eigenvalue weighted by Gasteiger charge is -2.24. The maximum atomic E-state index is 12.2. The SMILES string of the molecule is Cc1cnc(CN(CC(C)C)C(=O)CC(C)C)[nH]1. The molecule has 1 N–H and O–H groups in total. The Hall–Kier alpha value is -1.32. The quantitative estimate of drug-likeness (QED) is 0.845. The molecule has 0 spiro atoms. The molecule has 0 unspecified atom stereocenters. The van der Waals surface area contributed by atoms with Crippen LogP contribution in [0.1, 0.15) is 45.6 Å². The average Bonchev–Trinajstić information content (AvgIpc) is 2.61. The van der Waals surface area contributed by atoms with Crippen LogP contribution in [-0.4, -0.2) is 27.3 Å². The smallest absolute Gasteiger partial charge is 0.223 e. The Kier molecular flexibility index (Phi) is 5.38. The molecule has 0 aliphatic carbocycles. The van der Waals surface area contributed by atoms with E-state index in [1.807, 2.05) is 11.8 Å². The third-order valence-electron chi connectivity index (χ3n) is 2.62. The zero-order chi connectivity index (χ0) is 13.7. The summed E-state index contributed by atoms with van der Waals surface area (Å²) in [6.45, 7) is 11.7. The number of aromatic amines is 1. The summed E-state index contributed by atoms with van der Waals surface area (Å²) in [7, 11) is 0. The maximum absolute atomic E-state index is 12.2. The van der Waals surface area contributed by atoms with E-state index in [9.17, 15) is 4.79 Å². The lowest BCUT2D eigenvalue weighted by molar-refractivity contribution is -0.133. The lowest BCUT2D eigenvalue weighted by atomic mass is 10.1. The molecule has 1 aromatic rings. The highest BCUT2D eigenvalue weighted by molar-refractivity contribution is 5.76. The zero-order valence-corrected chi connectivity index (χ0v) is 12.2. The number of nitrogens with one attached hydrogen (secondary N) is 1. The second-order valence-electron chi connectivity index (χ2n) is 5.78. The second kappa shape index (κ2) is 6.57. The van der Waals surface area contributed by atoms with E-state index in [0.29, 0.717) is 24.8 Å². The fourth-order valence-electron chi connectivity index (χ4n) is 1.90. The third kappa shape index (κ3) is 4.90. The number of H-pyrrole nitrogens is 1. The highest BCUT2D eigenvalue weighted by atomic mass is 16.2. The molecular weight excluding hydrogens is 226 g/mol. The molecule has 102 valence electrons. The Morgan fingerprint density at radius 1 is 1.33 bits per heavy atom. The monoisotopic (exact) mass is 251 g/mol. The van der Waals surface area contributed by atoms with Crippen LogP contribution in [0.15, 0.2) is 6.20 Å². The molecule has 1 heterocycles. The van der Waals surface area contributed by atoms with Gasteiger partial charge >= 0.3 is 0 Å². The summed E-state index contributed by atoms with van der Waals surface area (Å²) in [6, 6.07) is 0. The lowest BCUT2D eigenvalue weighted by Crippen LogP contribution is -2.34. The van der Waals surface area contributed by atoms with Crippen molar-refractivity contribution in [1.82, 2.24) is 14.9 Å². The largest absolute Gasteiger partial charge is 0.345 e. The minimum atomic E-state index is 0.216. The molecule has 0 aromatic carbocycles. The van der Waals surface area contributed by atoms with Crippen LogP contribution in [0.2, 0.25) is 0 Å². The van der Waals surface area contributed by atoms with Crippen LogP contribution in [0.4, 0.5) is 0 Å². The molecule has 1 rings (SSSR count). The van der Waals surface area contributed by atoms with Gasteiger partial charge in [0.15, 0.2) is 0 Å². The molecule has 0 bridgehead atoms. The Morgan fingerprint density at radius 2 is 2.00 bits per heavy atom. The number of amides is 1. The predicted octanol–water partition coefficient (Wildman–Crippen LogP) is 2.75. The van der Waals surface area contributed by atoms with Gasteiger partial charge < -0.3 is 9.88 Å². The van der Waals surface area contributed by atoms with Gasteiger partial charge in [-0.3, -0.25) is 4.79 Å². The molecule has 0 radical (unpaired) electrons. The summed E-state index contributed by atoms with van der Waals surface area (Å²) in [5.41, 5.74) is 1.03. The summed E-state index contributed by atoms with van der Waals surface area (Å²) < 4.78 is 0. The summed E-state index contributed by atoms with van der Waals surface area (Å²) in [5.74, 6) is 1.95. The van der Waals surface area contributed by atoms with Gasteiger partial charge in [-0.05, 0) is 18.8 Å². The van der Waals surface area contributed by atoms with Gasteiger partial charge in [0.25, 0.3) is 0 Å². The van der Waals surface area contributed by atoms with E-state index in [4.69, 9.17) is 0 Å². The number of aryl methyl sites for hydroxylation is 1. The molecule has 0 saturated carbocycles. The fourth-order valence-corrected chi connectivity index (χ4v) is 1.90. The highest BCUT2D eigenvalue weighted by Crippen LogP contribution is 2.10. The number of imidazole rings is 1. The highest BCUT2D eigenvalue weighted by Gasteiger charge is 2.17. The molecule has 4 heteroatoms. The van der Waals surface area contributed by atoms with E-state index < -0.39 is 0 Å². The average molecular weight is 251 g/mol. The minimum absolute atomic E-state index is 0.216. The van der Waals surface area contributed by atoms with E-state index in [1.54, 1.807) is 6.20 Å². The van der Waals surface area contributed by atoms with Crippen LogP contribution < -0.4 is 0 Å². The number of hydrogen-bond acceptors (Lipinski definition) is 2. The molecule has 4 nitrogen and oxygen atoms in total. The molecule has 0 aliphatic rings. The molecule has 1 aromatic heterocycles. The van der Waals surface area contributed by atoms with Crippen molar-refractivity contribution >= 4 is 5.91 Å². The Labute approximate surface area is 110 Å². The number of hydrogen-bond donors (Lipinski definition) is 1. The molecule has 0 saturated heterocycles. The maximum Gasteiger partial charge on any atom is 0.223 e. The van der Waals surface area contributed by atoms with Gasteiger partial charge in [0.2, 0.25) is 5.91 Å². The van der Waals surface area contributed by atoms with Crippen LogP contribution in [0, 0.1) is 18.8 Å². The number of carbonyl (C=O) groups is 1. The van der Waals surface area contributed by atoms with Crippen LogP contribution in [0.5, 0.6) is 0 Å². The summed E-state index contributed by atoms with van der Waals surface area (Å²) >= 11 is 0. The summed E-state index contributed by atoms with van der Waals surface area (Å²) in [6.07, 6.45) is 2.40.